The molecule has 4 heteroatoms. The third-order valence-electron chi connectivity index (χ3n) is 4.31. The van der Waals surface area contributed by atoms with Crippen LogP contribution in [0.3, 0.4) is 0 Å². The number of anilines is 1. The Bertz CT molecular complexity index is 430. The zero-order valence-corrected chi connectivity index (χ0v) is 13.5. The lowest BCUT2D eigenvalue weighted by Crippen LogP contribution is -2.38. The molecule has 2 N–H and O–H groups in total. The van der Waals surface area contributed by atoms with Crippen LogP contribution in [0.15, 0.2) is 0 Å². The van der Waals surface area contributed by atoms with Crippen LogP contribution in [-0.4, -0.2) is 28.9 Å². The third kappa shape index (κ3) is 3.17. The number of nitrogens with zero attached hydrogens (tertiary/aromatic N) is 3. The molecule has 0 bridgehead atoms. The topological polar surface area (TPSA) is 47.1 Å². The molecule has 0 saturated heterocycles. The molecular formula is C16H30N4. The van der Waals surface area contributed by atoms with Crippen LogP contribution in [-0.2, 0) is 13.5 Å². The fourth-order valence-electron chi connectivity index (χ4n) is 3.50. The molecule has 114 valence electrons. The first-order valence-electron chi connectivity index (χ1n) is 8.03. The summed E-state index contributed by atoms with van der Waals surface area (Å²) in [6.45, 7) is 8.51. The molecule has 1 heterocycles. The van der Waals surface area contributed by atoms with Crippen molar-refractivity contribution in [2.24, 2.45) is 18.7 Å². The van der Waals surface area contributed by atoms with Gasteiger partial charge in [-0.15, -0.1) is 0 Å². The highest BCUT2D eigenvalue weighted by molar-refractivity contribution is 5.51. The molecule has 1 fully saturated rings. The SMILES string of the molecule is Cc1nn(C)c(N(CC(C)C)C2CCCC2)c1CCN. The maximum atomic E-state index is 5.81. The summed E-state index contributed by atoms with van der Waals surface area (Å²) < 4.78 is 2.07. The lowest BCUT2D eigenvalue weighted by Gasteiger charge is -2.33. The van der Waals surface area contributed by atoms with Crippen LogP contribution in [0.2, 0.25) is 0 Å². The molecule has 1 aliphatic carbocycles. The van der Waals surface area contributed by atoms with E-state index in [2.05, 4.69) is 42.5 Å². The van der Waals surface area contributed by atoms with Gasteiger partial charge in [-0.2, -0.15) is 5.10 Å². The Kier molecular flexibility index (Phi) is 5.08. The number of hydrogen-bond donors (Lipinski definition) is 1. The van der Waals surface area contributed by atoms with Gasteiger partial charge in [0.25, 0.3) is 0 Å². The largest absolute Gasteiger partial charge is 0.353 e. The molecule has 4 nitrogen and oxygen atoms in total. The van der Waals surface area contributed by atoms with Crippen molar-refractivity contribution in [3.63, 3.8) is 0 Å². The average Bonchev–Trinajstić information content (AvgIpc) is 2.97. The molecule has 0 unspecified atom stereocenters. The molecule has 1 aromatic heterocycles. The van der Waals surface area contributed by atoms with Crippen molar-refractivity contribution in [2.75, 3.05) is 18.0 Å². The van der Waals surface area contributed by atoms with E-state index in [1.54, 1.807) is 0 Å². The summed E-state index contributed by atoms with van der Waals surface area (Å²) in [6.07, 6.45) is 6.29. The van der Waals surface area contributed by atoms with Crippen LogP contribution in [0, 0.1) is 12.8 Å². The minimum atomic E-state index is 0.663. The smallest absolute Gasteiger partial charge is 0.130 e. The predicted molar refractivity (Wildman–Crippen MR) is 85.1 cm³/mol. The Morgan fingerprint density at radius 1 is 1.35 bits per heavy atom. The normalized spacial score (nSPS) is 16.3. The van der Waals surface area contributed by atoms with Gasteiger partial charge in [0.2, 0.25) is 0 Å². The number of hydrogen-bond acceptors (Lipinski definition) is 3. The quantitative estimate of drug-likeness (QED) is 0.870. The van der Waals surface area contributed by atoms with Crippen molar-refractivity contribution in [2.45, 2.75) is 58.9 Å². The van der Waals surface area contributed by atoms with Gasteiger partial charge in [0, 0.05) is 25.2 Å². The van der Waals surface area contributed by atoms with E-state index < -0.39 is 0 Å². The highest BCUT2D eigenvalue weighted by Crippen LogP contribution is 2.32. The van der Waals surface area contributed by atoms with E-state index in [4.69, 9.17) is 5.73 Å². The summed E-state index contributed by atoms with van der Waals surface area (Å²) in [6, 6.07) is 0.684. The zero-order valence-electron chi connectivity index (χ0n) is 13.5. The number of aromatic nitrogens is 2. The fraction of sp³-hybridized carbons (Fsp3) is 0.812. The molecule has 0 aromatic carbocycles. The van der Waals surface area contributed by atoms with Gasteiger partial charge in [0.15, 0.2) is 0 Å². The molecule has 1 aliphatic rings. The third-order valence-corrected chi connectivity index (χ3v) is 4.31. The number of rotatable bonds is 6. The molecule has 0 amide bonds. The summed E-state index contributed by atoms with van der Waals surface area (Å²) in [4.78, 5) is 2.61. The average molecular weight is 278 g/mol. The maximum Gasteiger partial charge on any atom is 0.130 e. The Balaban J connectivity index is 2.36. The molecule has 0 atom stereocenters. The van der Waals surface area contributed by atoms with Crippen molar-refractivity contribution < 1.29 is 0 Å². The van der Waals surface area contributed by atoms with Crippen molar-refractivity contribution in [3.05, 3.63) is 11.3 Å². The van der Waals surface area contributed by atoms with Crippen LogP contribution < -0.4 is 10.6 Å². The van der Waals surface area contributed by atoms with Crippen LogP contribution in [0.1, 0.15) is 50.8 Å². The summed E-state index contributed by atoms with van der Waals surface area (Å²) in [5.74, 6) is 1.98. The van der Waals surface area contributed by atoms with E-state index in [1.807, 2.05) is 0 Å². The molecule has 20 heavy (non-hydrogen) atoms. The summed E-state index contributed by atoms with van der Waals surface area (Å²) in [5, 5.41) is 4.65. The molecule has 0 spiro atoms. The van der Waals surface area contributed by atoms with Crippen molar-refractivity contribution in [1.82, 2.24) is 9.78 Å². The lowest BCUT2D eigenvalue weighted by atomic mass is 10.1. The summed E-state index contributed by atoms with van der Waals surface area (Å²) >= 11 is 0. The second kappa shape index (κ2) is 6.61. The van der Waals surface area contributed by atoms with E-state index in [1.165, 1.54) is 37.1 Å². The van der Waals surface area contributed by atoms with E-state index in [0.717, 1.165) is 18.7 Å². The Labute approximate surface area is 123 Å². The van der Waals surface area contributed by atoms with Gasteiger partial charge in [-0.3, -0.25) is 4.68 Å². The molecule has 2 rings (SSSR count). The van der Waals surface area contributed by atoms with Gasteiger partial charge < -0.3 is 10.6 Å². The van der Waals surface area contributed by atoms with E-state index >= 15 is 0 Å². The van der Waals surface area contributed by atoms with Gasteiger partial charge >= 0.3 is 0 Å². The van der Waals surface area contributed by atoms with Gasteiger partial charge in [0.05, 0.1) is 5.69 Å². The minimum absolute atomic E-state index is 0.663. The second-order valence-electron chi connectivity index (χ2n) is 6.53. The standard InChI is InChI=1S/C16H30N4/c1-12(2)11-20(14-7-5-6-8-14)16-15(9-10-17)13(3)18-19(16)4/h12,14H,5-11,17H2,1-4H3. The van der Waals surface area contributed by atoms with Gasteiger partial charge in [-0.25, -0.2) is 0 Å². The maximum absolute atomic E-state index is 5.81. The molecule has 1 aromatic rings. The summed E-state index contributed by atoms with van der Waals surface area (Å²) in [5.41, 5.74) is 8.30. The highest BCUT2D eigenvalue weighted by Gasteiger charge is 2.28. The lowest BCUT2D eigenvalue weighted by molar-refractivity contribution is 0.519. The predicted octanol–water partition coefficient (Wildman–Crippen LogP) is 2.63. The summed E-state index contributed by atoms with van der Waals surface area (Å²) in [7, 11) is 2.07. The van der Waals surface area contributed by atoms with Gasteiger partial charge in [-0.1, -0.05) is 26.7 Å². The van der Waals surface area contributed by atoms with Crippen molar-refractivity contribution >= 4 is 5.82 Å². The minimum Gasteiger partial charge on any atom is -0.353 e. The van der Waals surface area contributed by atoms with Crippen LogP contribution in [0.25, 0.3) is 0 Å². The van der Waals surface area contributed by atoms with Crippen molar-refractivity contribution in [3.8, 4) is 0 Å². The first-order chi connectivity index (χ1) is 9.54. The van der Waals surface area contributed by atoms with E-state index in [0.29, 0.717) is 18.5 Å². The molecular weight excluding hydrogens is 248 g/mol. The van der Waals surface area contributed by atoms with Gasteiger partial charge in [0.1, 0.15) is 5.82 Å². The van der Waals surface area contributed by atoms with Crippen LogP contribution >= 0.6 is 0 Å². The monoisotopic (exact) mass is 278 g/mol. The first kappa shape index (κ1) is 15.4. The first-order valence-corrected chi connectivity index (χ1v) is 8.03. The molecule has 0 aliphatic heterocycles. The van der Waals surface area contributed by atoms with Crippen LogP contribution in [0.4, 0.5) is 5.82 Å². The number of aryl methyl sites for hydroxylation is 2. The fourth-order valence-corrected chi connectivity index (χ4v) is 3.50. The Hall–Kier alpha value is -1.03. The molecule has 0 radical (unpaired) electrons. The van der Waals surface area contributed by atoms with Crippen molar-refractivity contribution in [1.29, 1.82) is 0 Å². The van der Waals surface area contributed by atoms with E-state index in [9.17, 15) is 0 Å². The zero-order chi connectivity index (χ0) is 14.7. The second-order valence-corrected chi connectivity index (χ2v) is 6.53. The Morgan fingerprint density at radius 2 is 2.00 bits per heavy atom. The highest BCUT2D eigenvalue weighted by atomic mass is 15.4. The van der Waals surface area contributed by atoms with Crippen LogP contribution in [0.5, 0.6) is 0 Å². The van der Waals surface area contributed by atoms with Gasteiger partial charge in [-0.05, 0) is 38.6 Å². The van der Waals surface area contributed by atoms with E-state index in [-0.39, 0.29) is 0 Å². The Morgan fingerprint density at radius 3 is 2.55 bits per heavy atom. The molecule has 1 saturated carbocycles. The number of nitrogens with two attached hydrogens (primary N) is 1.